The number of aliphatic hydroxyl groups is 1. The molecule has 2 amide bonds. The van der Waals surface area contributed by atoms with Crippen LogP contribution in [-0.4, -0.2) is 81.8 Å². The summed E-state index contributed by atoms with van der Waals surface area (Å²) in [5, 5.41) is 20.6. The second-order valence-electron chi connectivity index (χ2n) is 10.4. The van der Waals surface area contributed by atoms with Gasteiger partial charge in [-0.15, -0.1) is 0 Å². The van der Waals surface area contributed by atoms with E-state index in [2.05, 4.69) is 26.7 Å². The minimum atomic E-state index is -1.26. The monoisotopic (exact) mass is 599 g/mol. The van der Waals surface area contributed by atoms with Crippen molar-refractivity contribution >= 4 is 38.7 Å². The van der Waals surface area contributed by atoms with Gasteiger partial charge < -0.3 is 20.3 Å². The van der Waals surface area contributed by atoms with E-state index in [0.717, 1.165) is 23.4 Å². The molecule has 0 aliphatic carbocycles. The van der Waals surface area contributed by atoms with E-state index in [1.807, 2.05) is 66.1 Å². The van der Waals surface area contributed by atoms with Crippen LogP contribution >= 0.6 is 21.2 Å². The Morgan fingerprint density at radius 3 is 2.40 bits per heavy atom. The predicted octanol–water partition coefficient (Wildman–Crippen LogP) is 2.24. The normalized spacial score (nSPS) is 22.8. The molecule has 2 aliphatic heterocycles. The largest absolute Gasteiger partial charge is 0.391 e. The summed E-state index contributed by atoms with van der Waals surface area (Å²) in [6.45, 7) is 8.67. The third-order valence-electron chi connectivity index (χ3n) is 6.79. The molecule has 1 aromatic rings. The summed E-state index contributed by atoms with van der Waals surface area (Å²) in [6, 6.07) is 6.51. The number of nitrogens with zero attached hydrogens (tertiary/aromatic N) is 3. The van der Waals surface area contributed by atoms with Crippen LogP contribution < -0.4 is 10.6 Å². The quantitative estimate of drug-likeness (QED) is 0.239. The maximum Gasteiger partial charge on any atom is 0.243 e. The van der Waals surface area contributed by atoms with Crippen molar-refractivity contribution < 1.29 is 17.8 Å². The van der Waals surface area contributed by atoms with Gasteiger partial charge in [-0.25, -0.2) is 5.01 Å². The number of nitrogens with one attached hydrogen (secondary N) is 2. The molecule has 0 spiro atoms. The average molecular weight is 600 g/mol. The van der Waals surface area contributed by atoms with Crippen LogP contribution in [0, 0.1) is 5.41 Å². The molecule has 0 unspecified atom stereocenters. The number of carbonyl (C=O) groups is 2. The molecule has 2 heterocycles. The minimum Gasteiger partial charge on any atom is -0.391 e. The van der Waals surface area contributed by atoms with Crippen LogP contribution in [0.2, 0.25) is 0 Å². The predicted molar refractivity (Wildman–Crippen MR) is 143 cm³/mol. The van der Waals surface area contributed by atoms with Crippen LogP contribution in [-0.2, 0) is 12.7 Å². The summed E-state index contributed by atoms with van der Waals surface area (Å²) in [7, 11) is 4.06. The maximum absolute atomic E-state index is 13.4. The van der Waals surface area contributed by atoms with Gasteiger partial charge in [-0.3, -0.25) is 18.0 Å². The van der Waals surface area contributed by atoms with E-state index in [1.54, 1.807) is 0 Å². The van der Waals surface area contributed by atoms with E-state index in [4.69, 9.17) is 0 Å². The molecule has 9 nitrogen and oxygen atoms in total. The molecule has 10 heteroatoms. The standard InChI is InChI=1S/C25H38IN5O4/c1-16(17-7-9-18(10-8-17)20-11-12-29(5)30(20)6)28-23(33)21-13-19(32)14-31(21)24(34)22(25(2,3)4)27-15-26-35/h7-11,16,19,21-22,27,32H,12-15H2,1-6H3,(H,28,33)/t16-,19+,21-,22+/m0/s1. The second kappa shape index (κ2) is 11.4. The first-order valence-electron chi connectivity index (χ1n) is 11.9. The summed E-state index contributed by atoms with van der Waals surface area (Å²) >= 11 is -1.26. The molecule has 194 valence electrons. The lowest BCUT2D eigenvalue weighted by Crippen LogP contribution is -2.56. The number of β-amino-alcohol motifs (C(OH)–C–C–N with tert-alkyl or cyclic N) is 1. The van der Waals surface area contributed by atoms with Gasteiger partial charge in [0.1, 0.15) is 6.04 Å². The van der Waals surface area contributed by atoms with Gasteiger partial charge >= 0.3 is 0 Å². The molecule has 3 N–H and O–H groups in total. The van der Waals surface area contributed by atoms with Crippen molar-refractivity contribution in [1.82, 2.24) is 25.6 Å². The summed E-state index contributed by atoms with van der Waals surface area (Å²) in [5.41, 5.74) is 2.78. The molecule has 1 fully saturated rings. The number of likely N-dealkylation sites (tertiary alicyclic amines) is 1. The molecule has 3 rings (SSSR count). The summed E-state index contributed by atoms with van der Waals surface area (Å²) in [4.78, 5) is 28.1. The van der Waals surface area contributed by atoms with Crippen molar-refractivity contribution in [2.24, 2.45) is 5.41 Å². The maximum atomic E-state index is 13.4. The van der Waals surface area contributed by atoms with Crippen molar-refractivity contribution in [1.29, 1.82) is 0 Å². The highest BCUT2D eigenvalue weighted by molar-refractivity contribution is 14.1. The van der Waals surface area contributed by atoms with E-state index >= 15 is 0 Å². The highest BCUT2D eigenvalue weighted by atomic mass is 127. The fraction of sp³-hybridized carbons (Fsp3) is 0.600. The molecule has 0 aromatic heterocycles. The lowest BCUT2D eigenvalue weighted by atomic mass is 9.86. The Hall–Kier alpha value is -1.89. The SMILES string of the molecule is C[C@H](NC(=O)[C@@H]1C[C@@H](O)CN1C(=O)[C@@H](NCI=O)C(C)(C)C)c1ccc(C2=CCN(C)N2C)cc1. The Balaban J connectivity index is 1.69. The Bertz CT molecular complexity index is 962. The lowest BCUT2D eigenvalue weighted by Gasteiger charge is -2.35. The summed E-state index contributed by atoms with van der Waals surface area (Å²) < 4.78 is 11.4. The molecule has 1 aromatic carbocycles. The number of halogens is 1. The molecule has 4 atom stereocenters. The van der Waals surface area contributed by atoms with E-state index in [0.29, 0.717) is 0 Å². The number of alkyl halides is 1. The van der Waals surface area contributed by atoms with Crippen molar-refractivity contribution in [2.75, 3.05) is 31.7 Å². The van der Waals surface area contributed by atoms with Gasteiger partial charge in [0.15, 0.2) is 21.2 Å². The number of hydrogen-bond donors (Lipinski definition) is 3. The first-order chi connectivity index (χ1) is 16.4. The average Bonchev–Trinajstić information content (AvgIpc) is 3.35. The van der Waals surface area contributed by atoms with E-state index in [-0.39, 0.29) is 35.4 Å². The first kappa shape index (κ1) is 27.7. The van der Waals surface area contributed by atoms with Gasteiger partial charge in [0, 0.05) is 33.6 Å². The summed E-state index contributed by atoms with van der Waals surface area (Å²) in [5.74, 6) is -0.530. The van der Waals surface area contributed by atoms with E-state index in [9.17, 15) is 17.8 Å². The van der Waals surface area contributed by atoms with Crippen LogP contribution in [0.4, 0.5) is 0 Å². The van der Waals surface area contributed by atoms with Crippen LogP contribution in [0.1, 0.15) is 51.3 Å². The number of aliphatic hydroxyl groups excluding tert-OH is 1. The molecular weight excluding hydrogens is 561 g/mol. The van der Waals surface area contributed by atoms with Gasteiger partial charge in [0.05, 0.1) is 28.4 Å². The highest BCUT2D eigenvalue weighted by Gasteiger charge is 2.44. The van der Waals surface area contributed by atoms with E-state index < -0.39 is 44.8 Å². The van der Waals surface area contributed by atoms with Gasteiger partial charge in [0.2, 0.25) is 11.8 Å². The zero-order chi connectivity index (χ0) is 25.9. The Kier molecular flexibility index (Phi) is 9.06. The van der Waals surface area contributed by atoms with Crippen LogP contribution in [0.15, 0.2) is 30.3 Å². The molecule has 2 aliphatic rings. The van der Waals surface area contributed by atoms with Crippen molar-refractivity contribution in [2.45, 2.75) is 58.3 Å². The second-order valence-corrected chi connectivity index (χ2v) is 11.8. The molecule has 0 radical (unpaired) electrons. The number of hydrazine groups is 1. The van der Waals surface area contributed by atoms with Crippen molar-refractivity contribution in [3.8, 4) is 0 Å². The molecule has 0 bridgehead atoms. The zero-order valence-electron chi connectivity index (χ0n) is 21.4. The number of likely N-dealkylation sites (N-methyl/N-ethyl adjacent to an activating group) is 1. The van der Waals surface area contributed by atoms with Crippen molar-refractivity contribution in [3.05, 3.63) is 41.5 Å². The number of hydrogen-bond acceptors (Lipinski definition) is 7. The Labute approximate surface area is 218 Å². The van der Waals surface area contributed by atoms with Gasteiger partial charge in [-0.2, -0.15) is 0 Å². The highest BCUT2D eigenvalue weighted by Crippen LogP contribution is 2.28. The van der Waals surface area contributed by atoms with Gasteiger partial charge in [-0.05, 0) is 29.5 Å². The smallest absolute Gasteiger partial charge is 0.243 e. The van der Waals surface area contributed by atoms with Gasteiger partial charge in [-0.1, -0.05) is 45.0 Å². The minimum absolute atomic E-state index is 0.109. The third-order valence-corrected chi connectivity index (χ3v) is 7.54. The molecular formula is C25H38IN5O4. The number of rotatable bonds is 8. The molecule has 35 heavy (non-hydrogen) atoms. The molecule has 1 saturated heterocycles. The Morgan fingerprint density at radius 1 is 1.20 bits per heavy atom. The molecule has 0 saturated carbocycles. The fourth-order valence-corrected chi connectivity index (χ4v) is 5.26. The summed E-state index contributed by atoms with van der Waals surface area (Å²) in [6.07, 6.45) is 1.62. The lowest BCUT2D eigenvalue weighted by molar-refractivity contribution is -0.142. The van der Waals surface area contributed by atoms with Crippen LogP contribution in [0.5, 0.6) is 0 Å². The van der Waals surface area contributed by atoms with Gasteiger partial charge in [0.25, 0.3) is 0 Å². The van der Waals surface area contributed by atoms with Crippen LogP contribution in [0.3, 0.4) is 0 Å². The first-order valence-corrected chi connectivity index (χ1v) is 14.3. The number of benzene rings is 1. The zero-order valence-corrected chi connectivity index (χ0v) is 23.6. The Morgan fingerprint density at radius 2 is 1.86 bits per heavy atom. The van der Waals surface area contributed by atoms with Crippen LogP contribution in [0.25, 0.3) is 5.70 Å². The van der Waals surface area contributed by atoms with E-state index in [1.165, 1.54) is 4.90 Å². The number of carbonyl (C=O) groups excluding carboxylic acids is 2. The number of amides is 2. The fourth-order valence-electron chi connectivity index (χ4n) is 4.64. The third kappa shape index (κ3) is 6.46. The topological polar surface area (TPSA) is 105 Å². The van der Waals surface area contributed by atoms with Crippen molar-refractivity contribution in [3.63, 3.8) is 0 Å².